The van der Waals surface area contributed by atoms with Crippen molar-refractivity contribution in [3.8, 4) is 11.4 Å². The molecule has 162 valence electrons. The Morgan fingerprint density at radius 3 is 2.55 bits per heavy atom. The van der Waals surface area contributed by atoms with E-state index in [0.29, 0.717) is 17.2 Å². The standard InChI is InChI=1S/C20H14ClF5N4O/c1-10-8-30-16(27-28-18(30)11-5-6-14(22)15(23)7-11)9-29(10)19(31)12-3-2-4-13(17(12)21)20(24,25)26/h2-7,10H,8-9H2,1H3. The fourth-order valence-electron chi connectivity index (χ4n) is 3.51. The average Bonchev–Trinajstić information content (AvgIpc) is 3.11. The van der Waals surface area contributed by atoms with Gasteiger partial charge in [0, 0.05) is 18.2 Å². The molecule has 1 aliphatic heterocycles. The molecule has 0 fully saturated rings. The molecule has 2 aromatic carbocycles. The van der Waals surface area contributed by atoms with Gasteiger partial charge in [-0.25, -0.2) is 8.78 Å². The Morgan fingerprint density at radius 1 is 1.13 bits per heavy atom. The monoisotopic (exact) mass is 456 g/mol. The lowest BCUT2D eigenvalue weighted by atomic mass is 10.1. The molecular formula is C20H14ClF5N4O. The molecule has 0 bridgehead atoms. The van der Waals surface area contributed by atoms with Crippen LogP contribution in [-0.2, 0) is 19.3 Å². The number of aromatic nitrogens is 3. The molecule has 0 spiro atoms. The maximum atomic E-state index is 13.6. The fraction of sp³-hybridized carbons (Fsp3) is 0.250. The van der Waals surface area contributed by atoms with Crippen molar-refractivity contribution in [1.82, 2.24) is 19.7 Å². The molecule has 0 saturated heterocycles. The number of carbonyl (C=O) groups is 1. The molecule has 0 N–H and O–H groups in total. The van der Waals surface area contributed by atoms with Gasteiger partial charge < -0.3 is 9.47 Å². The van der Waals surface area contributed by atoms with Crippen molar-refractivity contribution < 1.29 is 26.7 Å². The Bertz CT molecular complexity index is 1180. The summed E-state index contributed by atoms with van der Waals surface area (Å²) in [5.74, 6) is -2.05. The fourth-order valence-corrected chi connectivity index (χ4v) is 3.82. The largest absolute Gasteiger partial charge is 0.417 e. The molecule has 0 saturated carbocycles. The molecule has 1 aromatic heterocycles. The maximum absolute atomic E-state index is 13.6. The quantitative estimate of drug-likeness (QED) is 0.513. The number of hydrogen-bond donors (Lipinski definition) is 0. The number of fused-ring (bicyclic) bond motifs is 1. The molecule has 1 amide bonds. The number of amides is 1. The van der Waals surface area contributed by atoms with Crippen LogP contribution in [0.2, 0.25) is 5.02 Å². The van der Waals surface area contributed by atoms with Crippen molar-refractivity contribution in [1.29, 1.82) is 0 Å². The normalized spacial score (nSPS) is 16.4. The predicted octanol–water partition coefficient (Wildman–Crippen LogP) is 4.94. The highest BCUT2D eigenvalue weighted by Crippen LogP contribution is 2.37. The van der Waals surface area contributed by atoms with Gasteiger partial charge in [0.1, 0.15) is 0 Å². The second-order valence-corrected chi connectivity index (χ2v) is 7.50. The minimum absolute atomic E-state index is 0.0384. The van der Waals surface area contributed by atoms with Crippen LogP contribution in [0.15, 0.2) is 36.4 Å². The summed E-state index contributed by atoms with van der Waals surface area (Å²) < 4.78 is 67.9. The summed E-state index contributed by atoms with van der Waals surface area (Å²) in [7, 11) is 0. The third-order valence-corrected chi connectivity index (χ3v) is 5.50. The summed E-state index contributed by atoms with van der Waals surface area (Å²) in [5.41, 5.74) is -1.05. The van der Waals surface area contributed by atoms with E-state index in [1.807, 2.05) is 0 Å². The van der Waals surface area contributed by atoms with Gasteiger partial charge in [-0.15, -0.1) is 10.2 Å². The molecule has 2 heterocycles. The summed E-state index contributed by atoms with van der Waals surface area (Å²) in [5, 5.41) is 7.36. The highest BCUT2D eigenvalue weighted by molar-refractivity contribution is 6.34. The van der Waals surface area contributed by atoms with Crippen LogP contribution in [0.1, 0.15) is 28.7 Å². The average molecular weight is 457 g/mol. The lowest BCUT2D eigenvalue weighted by Gasteiger charge is -2.34. The van der Waals surface area contributed by atoms with Crippen molar-refractivity contribution in [2.24, 2.45) is 0 Å². The first kappa shape index (κ1) is 21.2. The second-order valence-electron chi connectivity index (χ2n) is 7.13. The molecule has 3 aromatic rings. The molecule has 1 aliphatic rings. The van der Waals surface area contributed by atoms with Crippen LogP contribution in [0, 0.1) is 11.6 Å². The van der Waals surface area contributed by atoms with E-state index in [0.717, 1.165) is 24.3 Å². The lowest BCUT2D eigenvalue weighted by Crippen LogP contribution is -2.45. The van der Waals surface area contributed by atoms with E-state index in [4.69, 9.17) is 11.6 Å². The van der Waals surface area contributed by atoms with Gasteiger partial charge in [0.2, 0.25) is 0 Å². The van der Waals surface area contributed by atoms with E-state index >= 15 is 0 Å². The first-order valence-electron chi connectivity index (χ1n) is 9.12. The number of carbonyl (C=O) groups excluding carboxylic acids is 1. The Balaban J connectivity index is 1.66. The van der Waals surface area contributed by atoms with Crippen LogP contribution in [-0.4, -0.2) is 31.6 Å². The molecule has 1 unspecified atom stereocenters. The second kappa shape index (κ2) is 7.60. The highest BCUT2D eigenvalue weighted by Gasteiger charge is 2.37. The Kier molecular flexibility index (Phi) is 5.20. The van der Waals surface area contributed by atoms with Crippen molar-refractivity contribution in [3.05, 3.63) is 70.0 Å². The van der Waals surface area contributed by atoms with E-state index in [1.165, 1.54) is 17.0 Å². The van der Waals surface area contributed by atoms with Gasteiger partial charge in [-0.05, 0) is 37.3 Å². The molecule has 31 heavy (non-hydrogen) atoms. The van der Waals surface area contributed by atoms with Gasteiger partial charge in [-0.2, -0.15) is 13.2 Å². The van der Waals surface area contributed by atoms with Crippen LogP contribution in [0.3, 0.4) is 0 Å². The third kappa shape index (κ3) is 3.76. The molecular weight excluding hydrogens is 443 g/mol. The van der Waals surface area contributed by atoms with Crippen LogP contribution in [0.5, 0.6) is 0 Å². The molecule has 1 atom stereocenters. The number of hydrogen-bond acceptors (Lipinski definition) is 3. The van der Waals surface area contributed by atoms with Crippen LogP contribution < -0.4 is 0 Å². The Morgan fingerprint density at radius 2 is 1.87 bits per heavy atom. The minimum atomic E-state index is -4.69. The topological polar surface area (TPSA) is 51.0 Å². The third-order valence-electron chi connectivity index (χ3n) is 5.09. The summed E-state index contributed by atoms with van der Waals surface area (Å²) in [4.78, 5) is 14.4. The Hall–Kier alpha value is -3.01. The van der Waals surface area contributed by atoms with Gasteiger partial charge in [-0.3, -0.25) is 4.79 Å². The summed E-state index contributed by atoms with van der Waals surface area (Å²) in [6.07, 6.45) is -4.69. The first-order chi connectivity index (χ1) is 14.6. The summed E-state index contributed by atoms with van der Waals surface area (Å²) in [6, 6.07) is 6.05. The minimum Gasteiger partial charge on any atom is -0.327 e. The number of benzene rings is 2. The van der Waals surface area contributed by atoms with E-state index < -0.39 is 40.3 Å². The van der Waals surface area contributed by atoms with Crippen LogP contribution >= 0.6 is 11.6 Å². The zero-order valence-corrected chi connectivity index (χ0v) is 16.7. The zero-order valence-electron chi connectivity index (χ0n) is 15.9. The number of rotatable bonds is 2. The SMILES string of the molecule is CC1Cn2c(nnc2-c2ccc(F)c(F)c2)CN1C(=O)c1cccc(C(F)(F)F)c1Cl. The number of nitrogens with zero attached hydrogens (tertiary/aromatic N) is 4. The van der Waals surface area contributed by atoms with Gasteiger partial charge in [0.15, 0.2) is 23.3 Å². The number of alkyl halides is 3. The maximum Gasteiger partial charge on any atom is 0.417 e. The highest BCUT2D eigenvalue weighted by atomic mass is 35.5. The van der Waals surface area contributed by atoms with E-state index in [9.17, 15) is 26.7 Å². The number of halogens is 6. The predicted molar refractivity (Wildman–Crippen MR) is 101 cm³/mol. The summed E-state index contributed by atoms with van der Waals surface area (Å²) in [6.45, 7) is 1.87. The lowest BCUT2D eigenvalue weighted by molar-refractivity contribution is -0.137. The smallest absolute Gasteiger partial charge is 0.327 e. The van der Waals surface area contributed by atoms with Crippen LogP contribution in [0.4, 0.5) is 22.0 Å². The summed E-state index contributed by atoms with van der Waals surface area (Å²) >= 11 is 5.90. The van der Waals surface area contributed by atoms with E-state index in [1.54, 1.807) is 11.5 Å². The molecule has 11 heteroatoms. The van der Waals surface area contributed by atoms with Crippen LogP contribution in [0.25, 0.3) is 11.4 Å². The van der Waals surface area contributed by atoms with Gasteiger partial charge >= 0.3 is 6.18 Å². The van der Waals surface area contributed by atoms with Crippen molar-refractivity contribution in [2.75, 3.05) is 0 Å². The first-order valence-corrected chi connectivity index (χ1v) is 9.50. The molecule has 0 radical (unpaired) electrons. The van der Waals surface area contributed by atoms with E-state index in [-0.39, 0.29) is 18.7 Å². The van der Waals surface area contributed by atoms with Crippen molar-refractivity contribution in [3.63, 3.8) is 0 Å². The van der Waals surface area contributed by atoms with Gasteiger partial charge in [0.05, 0.1) is 22.7 Å². The van der Waals surface area contributed by atoms with Crippen molar-refractivity contribution >= 4 is 17.5 Å². The zero-order chi connectivity index (χ0) is 22.5. The van der Waals surface area contributed by atoms with Gasteiger partial charge in [0.25, 0.3) is 5.91 Å². The Labute approximate surface area is 178 Å². The molecule has 4 rings (SSSR count). The molecule has 5 nitrogen and oxygen atoms in total. The van der Waals surface area contributed by atoms with Gasteiger partial charge in [-0.1, -0.05) is 17.7 Å². The van der Waals surface area contributed by atoms with Crippen molar-refractivity contribution in [2.45, 2.75) is 32.2 Å². The van der Waals surface area contributed by atoms with E-state index in [2.05, 4.69) is 10.2 Å². The molecule has 0 aliphatic carbocycles.